The molecule has 2 aliphatic heterocycles. The van der Waals surface area contributed by atoms with Gasteiger partial charge in [-0.3, -0.25) is 24.1 Å². The van der Waals surface area contributed by atoms with Crippen molar-refractivity contribution in [1.82, 2.24) is 9.80 Å². The summed E-state index contributed by atoms with van der Waals surface area (Å²) in [5, 5.41) is 2.13. The molecule has 2 saturated heterocycles. The molecule has 0 radical (unpaired) electrons. The molecule has 0 spiro atoms. The first-order chi connectivity index (χ1) is 16.8. The van der Waals surface area contributed by atoms with Gasteiger partial charge in [-0.1, -0.05) is 6.07 Å². The molecule has 2 heterocycles. The highest BCUT2D eigenvalue weighted by molar-refractivity contribution is 9.10. The SMILES string of the molecule is O=C(COc1ccc(/C=C2/SC(=O)N(CC(=O)N3CCCC3)C2=O)cc1Br)Nc1ccc(F)cc1. The predicted octanol–water partition coefficient (Wildman–Crippen LogP) is 4.26. The molecule has 0 unspecified atom stereocenters. The third-order valence-electron chi connectivity index (χ3n) is 5.37. The zero-order valence-corrected chi connectivity index (χ0v) is 20.9. The van der Waals surface area contributed by atoms with E-state index >= 15 is 0 Å². The minimum Gasteiger partial charge on any atom is -0.483 e. The first kappa shape index (κ1) is 24.9. The van der Waals surface area contributed by atoms with E-state index in [1.165, 1.54) is 24.3 Å². The first-order valence-electron chi connectivity index (χ1n) is 10.8. The molecule has 2 aromatic rings. The zero-order chi connectivity index (χ0) is 24.9. The number of ether oxygens (including phenoxy) is 1. The highest BCUT2D eigenvalue weighted by Crippen LogP contribution is 2.34. The van der Waals surface area contributed by atoms with Crippen LogP contribution in [0.4, 0.5) is 14.9 Å². The fourth-order valence-electron chi connectivity index (χ4n) is 3.59. The Kier molecular flexibility index (Phi) is 7.86. The van der Waals surface area contributed by atoms with E-state index in [4.69, 9.17) is 4.74 Å². The number of benzene rings is 2. The van der Waals surface area contributed by atoms with Crippen LogP contribution in [0.3, 0.4) is 0 Å². The van der Waals surface area contributed by atoms with Gasteiger partial charge in [-0.15, -0.1) is 0 Å². The standard InChI is InChI=1S/C24H21BrFN3O5S/c25-18-11-15(3-8-19(18)34-14-21(30)27-17-6-4-16(26)5-7-17)12-20-23(32)29(24(33)35-20)13-22(31)28-9-1-2-10-28/h3-8,11-12H,1-2,9-10,13-14H2,(H,27,30)/b20-12+. The lowest BCUT2D eigenvalue weighted by molar-refractivity contribution is -0.135. The van der Waals surface area contributed by atoms with Crippen LogP contribution in [-0.4, -0.2) is 59.0 Å². The lowest BCUT2D eigenvalue weighted by atomic mass is 10.2. The van der Waals surface area contributed by atoms with Gasteiger partial charge in [0.2, 0.25) is 5.91 Å². The van der Waals surface area contributed by atoms with Gasteiger partial charge in [0.05, 0.1) is 9.38 Å². The molecule has 2 fully saturated rings. The van der Waals surface area contributed by atoms with Crippen LogP contribution in [0.1, 0.15) is 18.4 Å². The number of nitrogens with one attached hydrogen (secondary N) is 1. The molecule has 35 heavy (non-hydrogen) atoms. The van der Waals surface area contributed by atoms with E-state index in [0.717, 1.165) is 29.5 Å². The number of halogens is 2. The maximum atomic E-state index is 13.0. The number of anilines is 1. The number of thioether (sulfide) groups is 1. The van der Waals surface area contributed by atoms with Gasteiger partial charge in [-0.05, 0) is 88.6 Å². The van der Waals surface area contributed by atoms with E-state index in [1.54, 1.807) is 29.2 Å². The van der Waals surface area contributed by atoms with Gasteiger partial charge >= 0.3 is 0 Å². The molecular weight excluding hydrogens is 541 g/mol. The topological polar surface area (TPSA) is 96.0 Å². The number of carbonyl (C=O) groups excluding carboxylic acids is 4. The predicted molar refractivity (Wildman–Crippen MR) is 133 cm³/mol. The summed E-state index contributed by atoms with van der Waals surface area (Å²) in [6.07, 6.45) is 3.43. The van der Waals surface area contributed by atoms with Gasteiger partial charge in [-0.2, -0.15) is 0 Å². The van der Waals surface area contributed by atoms with Gasteiger partial charge in [-0.25, -0.2) is 4.39 Å². The quantitative estimate of drug-likeness (QED) is 0.507. The number of imide groups is 1. The van der Waals surface area contributed by atoms with E-state index in [1.807, 2.05) is 0 Å². The number of rotatable bonds is 7. The molecule has 0 aliphatic carbocycles. The van der Waals surface area contributed by atoms with E-state index in [9.17, 15) is 23.6 Å². The number of hydrogen-bond acceptors (Lipinski definition) is 6. The second-order valence-electron chi connectivity index (χ2n) is 7.89. The molecule has 1 N–H and O–H groups in total. The normalized spacial score (nSPS) is 16.8. The summed E-state index contributed by atoms with van der Waals surface area (Å²) >= 11 is 4.18. The Labute approximate surface area is 213 Å². The summed E-state index contributed by atoms with van der Waals surface area (Å²) in [4.78, 5) is 52.3. The maximum absolute atomic E-state index is 13.0. The molecule has 0 bridgehead atoms. The highest BCUT2D eigenvalue weighted by atomic mass is 79.9. The monoisotopic (exact) mass is 561 g/mol. The van der Waals surface area contributed by atoms with Gasteiger partial charge in [0, 0.05) is 18.8 Å². The average molecular weight is 562 g/mol. The van der Waals surface area contributed by atoms with Crippen molar-refractivity contribution in [1.29, 1.82) is 0 Å². The Morgan fingerprint density at radius 1 is 1.11 bits per heavy atom. The van der Waals surface area contributed by atoms with Crippen molar-refractivity contribution in [3.05, 3.63) is 63.2 Å². The number of nitrogens with zero attached hydrogens (tertiary/aromatic N) is 2. The minimum atomic E-state index is -0.499. The third-order valence-corrected chi connectivity index (χ3v) is 6.89. The van der Waals surface area contributed by atoms with Crippen LogP contribution in [0.2, 0.25) is 0 Å². The molecule has 2 aliphatic rings. The van der Waals surface area contributed by atoms with Crippen molar-refractivity contribution in [2.75, 3.05) is 31.6 Å². The van der Waals surface area contributed by atoms with Crippen molar-refractivity contribution >= 4 is 62.4 Å². The van der Waals surface area contributed by atoms with E-state index in [-0.39, 0.29) is 24.0 Å². The summed E-state index contributed by atoms with van der Waals surface area (Å²) in [5.74, 6) is -1.13. The summed E-state index contributed by atoms with van der Waals surface area (Å²) in [6, 6.07) is 10.4. The van der Waals surface area contributed by atoms with Crippen molar-refractivity contribution in [3.63, 3.8) is 0 Å². The number of hydrogen-bond donors (Lipinski definition) is 1. The molecule has 0 saturated carbocycles. The Hall–Kier alpha value is -3.18. The van der Waals surface area contributed by atoms with E-state index in [0.29, 0.717) is 34.6 Å². The van der Waals surface area contributed by atoms with Crippen LogP contribution < -0.4 is 10.1 Å². The first-order valence-corrected chi connectivity index (χ1v) is 12.4. The van der Waals surface area contributed by atoms with Crippen LogP contribution in [0.15, 0.2) is 51.8 Å². The maximum Gasteiger partial charge on any atom is 0.294 e. The molecule has 182 valence electrons. The lowest BCUT2D eigenvalue weighted by Crippen LogP contribution is -2.40. The fraction of sp³-hybridized carbons (Fsp3) is 0.250. The average Bonchev–Trinajstić information content (AvgIpc) is 3.45. The third kappa shape index (κ3) is 6.29. The fourth-order valence-corrected chi connectivity index (χ4v) is 4.94. The largest absolute Gasteiger partial charge is 0.483 e. The van der Waals surface area contributed by atoms with Crippen molar-refractivity contribution in [2.45, 2.75) is 12.8 Å². The molecule has 4 rings (SSSR count). The van der Waals surface area contributed by atoms with Gasteiger partial charge in [0.15, 0.2) is 6.61 Å². The second kappa shape index (κ2) is 11.0. The summed E-state index contributed by atoms with van der Waals surface area (Å²) in [6.45, 7) is 0.792. The Morgan fingerprint density at radius 3 is 2.51 bits per heavy atom. The van der Waals surface area contributed by atoms with E-state index in [2.05, 4.69) is 21.2 Å². The van der Waals surface area contributed by atoms with Crippen molar-refractivity contribution in [3.8, 4) is 5.75 Å². The Morgan fingerprint density at radius 2 is 1.83 bits per heavy atom. The number of carbonyl (C=O) groups is 4. The van der Waals surface area contributed by atoms with Crippen LogP contribution in [0.5, 0.6) is 5.75 Å². The van der Waals surface area contributed by atoms with Crippen LogP contribution in [0, 0.1) is 5.82 Å². The zero-order valence-electron chi connectivity index (χ0n) is 18.5. The summed E-state index contributed by atoms with van der Waals surface area (Å²) in [7, 11) is 0. The summed E-state index contributed by atoms with van der Waals surface area (Å²) in [5.41, 5.74) is 1.09. The molecular formula is C24H21BrFN3O5S. The van der Waals surface area contributed by atoms with Gasteiger partial charge < -0.3 is 15.0 Å². The van der Waals surface area contributed by atoms with Gasteiger partial charge in [0.25, 0.3) is 17.1 Å². The molecule has 4 amide bonds. The van der Waals surface area contributed by atoms with Crippen LogP contribution in [0.25, 0.3) is 6.08 Å². The second-order valence-corrected chi connectivity index (χ2v) is 9.74. The van der Waals surface area contributed by atoms with E-state index < -0.39 is 22.9 Å². The molecule has 11 heteroatoms. The molecule has 2 aromatic carbocycles. The molecule has 0 atom stereocenters. The smallest absolute Gasteiger partial charge is 0.294 e. The van der Waals surface area contributed by atoms with Gasteiger partial charge in [0.1, 0.15) is 18.1 Å². The van der Waals surface area contributed by atoms with Crippen molar-refractivity contribution in [2.24, 2.45) is 0 Å². The number of amides is 4. The van der Waals surface area contributed by atoms with Crippen molar-refractivity contribution < 1.29 is 28.3 Å². The Balaban J connectivity index is 1.35. The lowest BCUT2D eigenvalue weighted by Gasteiger charge is -2.18. The molecule has 8 nitrogen and oxygen atoms in total. The van der Waals surface area contributed by atoms with Crippen LogP contribution in [-0.2, 0) is 14.4 Å². The summed E-state index contributed by atoms with van der Waals surface area (Å²) < 4.78 is 19.0. The highest BCUT2D eigenvalue weighted by Gasteiger charge is 2.37. The minimum absolute atomic E-state index is 0.223. The van der Waals surface area contributed by atoms with Crippen LogP contribution >= 0.6 is 27.7 Å². The molecule has 0 aromatic heterocycles. The Bertz CT molecular complexity index is 1200. The number of likely N-dealkylation sites (tertiary alicyclic amines) is 1.